The Morgan fingerprint density at radius 3 is 2.80 bits per heavy atom. The average Bonchev–Trinajstić information content (AvgIpc) is 1.89. The van der Waals surface area contributed by atoms with E-state index < -0.39 is 0 Å². The zero-order valence-electron chi connectivity index (χ0n) is 6.05. The van der Waals surface area contributed by atoms with Gasteiger partial charge in [-0.2, -0.15) is 0 Å². The number of ether oxygens (including phenoxy) is 2. The summed E-state index contributed by atoms with van der Waals surface area (Å²) in [4.78, 5) is 0. The Morgan fingerprint density at radius 2 is 2.30 bits per heavy atom. The lowest BCUT2D eigenvalue weighted by Crippen LogP contribution is -2.14. The van der Waals surface area contributed by atoms with Crippen LogP contribution in [0.25, 0.3) is 0 Å². The molecule has 0 bridgehead atoms. The van der Waals surface area contributed by atoms with Crippen LogP contribution in [-0.4, -0.2) is 35.6 Å². The fourth-order valence-corrected chi connectivity index (χ4v) is 1.08. The van der Waals surface area contributed by atoms with E-state index in [1.165, 1.54) is 0 Å². The molecule has 10 heavy (non-hydrogen) atoms. The van der Waals surface area contributed by atoms with Crippen LogP contribution in [0, 0.1) is 0 Å². The summed E-state index contributed by atoms with van der Waals surface area (Å²) in [5.74, 6) is 0. The molecule has 0 fully saturated rings. The Hall–Kier alpha value is 0.610. The van der Waals surface area contributed by atoms with Gasteiger partial charge in [-0.1, -0.05) is 0 Å². The zero-order valence-corrected chi connectivity index (χ0v) is 8.20. The molecule has 0 spiro atoms. The Labute approximate surface area is 74.8 Å². The molecule has 0 aliphatic carbocycles. The van der Waals surface area contributed by atoms with Crippen molar-refractivity contribution in [1.82, 2.24) is 0 Å². The monoisotopic (exact) mass is 260 g/mol. The van der Waals surface area contributed by atoms with Crippen molar-refractivity contribution >= 4 is 22.6 Å². The topological polar surface area (TPSA) is 38.7 Å². The number of rotatable bonds is 6. The number of aliphatic hydroxyl groups is 1. The first-order valence-electron chi connectivity index (χ1n) is 3.25. The van der Waals surface area contributed by atoms with E-state index in [9.17, 15) is 0 Å². The van der Waals surface area contributed by atoms with Gasteiger partial charge in [0.25, 0.3) is 0 Å². The molecule has 0 aromatic heterocycles. The molecule has 0 amide bonds. The van der Waals surface area contributed by atoms with Crippen molar-refractivity contribution in [2.24, 2.45) is 0 Å². The largest absolute Gasteiger partial charge is 0.394 e. The first kappa shape index (κ1) is 10.6. The van der Waals surface area contributed by atoms with Gasteiger partial charge in [0.05, 0.1) is 19.8 Å². The molecular formula is C6H13IO3. The van der Waals surface area contributed by atoms with Crippen LogP contribution in [0.3, 0.4) is 0 Å². The van der Waals surface area contributed by atoms with Gasteiger partial charge in [-0.25, -0.2) is 0 Å². The molecule has 4 heteroatoms. The van der Waals surface area contributed by atoms with Gasteiger partial charge in [0.2, 0.25) is 0 Å². The van der Waals surface area contributed by atoms with Gasteiger partial charge >= 0.3 is 0 Å². The number of halogens is 1. The second-order valence-corrected chi connectivity index (χ2v) is 3.05. The van der Waals surface area contributed by atoms with E-state index in [4.69, 9.17) is 14.6 Å². The maximum Gasteiger partial charge on any atom is 0.132 e. The summed E-state index contributed by atoms with van der Waals surface area (Å²) in [5.41, 5.74) is 0. The van der Waals surface area contributed by atoms with Crippen molar-refractivity contribution in [3.05, 3.63) is 0 Å². The predicted octanol–water partition coefficient (Wildman–Crippen LogP) is 0.793. The smallest absolute Gasteiger partial charge is 0.132 e. The van der Waals surface area contributed by atoms with Crippen LogP contribution in [0.1, 0.15) is 6.92 Å². The lowest BCUT2D eigenvalue weighted by Gasteiger charge is -2.08. The van der Waals surface area contributed by atoms with Crippen molar-refractivity contribution in [3.63, 3.8) is 0 Å². The van der Waals surface area contributed by atoms with Crippen molar-refractivity contribution < 1.29 is 14.6 Å². The minimum absolute atomic E-state index is 0.0789. The number of hydrogen-bond donors (Lipinski definition) is 1. The maximum atomic E-state index is 8.34. The molecule has 62 valence electrons. The van der Waals surface area contributed by atoms with Gasteiger partial charge < -0.3 is 14.6 Å². The lowest BCUT2D eigenvalue weighted by molar-refractivity contribution is 0.0284. The van der Waals surface area contributed by atoms with E-state index in [-0.39, 0.29) is 10.7 Å². The van der Waals surface area contributed by atoms with Gasteiger partial charge in [0.1, 0.15) is 4.11 Å². The summed E-state index contributed by atoms with van der Waals surface area (Å²) in [7, 11) is 0. The standard InChI is InChI=1S/C6H13IO3/c1-2-10-6(7)5-9-4-3-8/h6,8H,2-5H2,1H3. The lowest BCUT2D eigenvalue weighted by atomic mass is 10.7. The fourth-order valence-electron chi connectivity index (χ4n) is 0.469. The quantitative estimate of drug-likeness (QED) is 0.436. The van der Waals surface area contributed by atoms with Crippen LogP contribution in [0.5, 0.6) is 0 Å². The maximum absolute atomic E-state index is 8.34. The first-order chi connectivity index (χ1) is 4.81. The number of aliphatic hydroxyl groups excluding tert-OH is 1. The van der Waals surface area contributed by atoms with E-state index in [1.807, 2.05) is 6.92 Å². The second kappa shape index (κ2) is 7.71. The molecule has 0 heterocycles. The van der Waals surface area contributed by atoms with Crippen molar-refractivity contribution in [2.45, 2.75) is 11.0 Å². The molecule has 0 saturated heterocycles. The van der Waals surface area contributed by atoms with E-state index in [0.717, 1.165) is 0 Å². The Balaban J connectivity index is 2.97. The summed E-state index contributed by atoms with van der Waals surface area (Å²) in [6, 6.07) is 0. The predicted molar refractivity (Wildman–Crippen MR) is 47.3 cm³/mol. The average molecular weight is 260 g/mol. The molecule has 0 saturated carbocycles. The molecule has 0 radical (unpaired) electrons. The molecular weight excluding hydrogens is 247 g/mol. The Bertz CT molecular complexity index is 70.0. The molecule has 3 nitrogen and oxygen atoms in total. The Kier molecular flexibility index (Phi) is 8.18. The summed E-state index contributed by atoms with van der Waals surface area (Å²) in [6.07, 6.45) is 0. The molecule has 0 aromatic carbocycles. The fraction of sp³-hybridized carbons (Fsp3) is 1.00. The molecule has 0 aromatic rings. The normalized spacial score (nSPS) is 13.5. The van der Waals surface area contributed by atoms with Gasteiger partial charge in [-0.05, 0) is 29.5 Å². The SMILES string of the molecule is CCOC(I)COCCO. The van der Waals surface area contributed by atoms with Gasteiger partial charge in [-0.15, -0.1) is 0 Å². The molecule has 1 N–H and O–H groups in total. The summed E-state index contributed by atoms with van der Waals surface area (Å²) < 4.78 is 10.3. The molecule has 0 aliphatic heterocycles. The Morgan fingerprint density at radius 1 is 1.60 bits per heavy atom. The van der Waals surface area contributed by atoms with Crippen LogP contribution in [0.2, 0.25) is 0 Å². The van der Waals surface area contributed by atoms with E-state index in [0.29, 0.717) is 19.8 Å². The minimum atomic E-state index is 0.0789. The molecule has 1 atom stereocenters. The summed E-state index contributed by atoms with van der Waals surface area (Å²) >= 11 is 2.15. The molecule has 0 aliphatic rings. The minimum Gasteiger partial charge on any atom is -0.394 e. The van der Waals surface area contributed by atoms with Crippen LogP contribution in [0.4, 0.5) is 0 Å². The molecule has 0 rings (SSSR count). The van der Waals surface area contributed by atoms with Crippen molar-refractivity contribution in [3.8, 4) is 0 Å². The first-order valence-corrected chi connectivity index (χ1v) is 4.50. The van der Waals surface area contributed by atoms with Crippen molar-refractivity contribution in [2.75, 3.05) is 26.4 Å². The highest BCUT2D eigenvalue weighted by Crippen LogP contribution is 2.01. The highest BCUT2D eigenvalue weighted by Gasteiger charge is 2.00. The molecule has 1 unspecified atom stereocenters. The second-order valence-electron chi connectivity index (χ2n) is 1.66. The zero-order chi connectivity index (χ0) is 7.82. The number of hydrogen-bond acceptors (Lipinski definition) is 3. The van der Waals surface area contributed by atoms with Gasteiger partial charge in [0, 0.05) is 6.61 Å². The third kappa shape index (κ3) is 6.73. The van der Waals surface area contributed by atoms with Gasteiger partial charge in [0.15, 0.2) is 0 Å². The van der Waals surface area contributed by atoms with Crippen LogP contribution < -0.4 is 0 Å². The van der Waals surface area contributed by atoms with Crippen LogP contribution in [-0.2, 0) is 9.47 Å². The third-order valence-electron chi connectivity index (χ3n) is 0.832. The summed E-state index contributed by atoms with van der Waals surface area (Å²) in [5, 5.41) is 8.34. The highest BCUT2D eigenvalue weighted by atomic mass is 127. The third-order valence-corrected chi connectivity index (χ3v) is 1.55. The van der Waals surface area contributed by atoms with Crippen LogP contribution >= 0.6 is 22.6 Å². The van der Waals surface area contributed by atoms with E-state index in [1.54, 1.807) is 0 Å². The van der Waals surface area contributed by atoms with Crippen LogP contribution in [0.15, 0.2) is 0 Å². The summed E-state index contributed by atoms with van der Waals surface area (Å²) in [6.45, 7) is 3.67. The highest BCUT2D eigenvalue weighted by molar-refractivity contribution is 14.1. The van der Waals surface area contributed by atoms with Gasteiger partial charge in [-0.3, -0.25) is 0 Å². The van der Waals surface area contributed by atoms with Crippen molar-refractivity contribution in [1.29, 1.82) is 0 Å². The van der Waals surface area contributed by atoms with E-state index in [2.05, 4.69) is 22.6 Å². The number of alkyl halides is 1. The van der Waals surface area contributed by atoms with E-state index >= 15 is 0 Å².